The number of carbonyl (C=O) groups excluding carboxylic acids is 1. The Kier molecular flexibility index (Phi) is 7.18. The van der Waals surface area contributed by atoms with Crippen LogP contribution in [0.4, 0.5) is 5.82 Å². The van der Waals surface area contributed by atoms with Crippen molar-refractivity contribution in [3.05, 3.63) is 64.4 Å². The number of amides is 1. The molecule has 1 amide bonds. The summed E-state index contributed by atoms with van der Waals surface area (Å²) in [6.07, 6.45) is 7.34. The van der Waals surface area contributed by atoms with Gasteiger partial charge in [0.05, 0.1) is 22.1 Å². The van der Waals surface area contributed by atoms with Crippen molar-refractivity contribution in [3.8, 4) is 0 Å². The Morgan fingerprint density at radius 3 is 2.71 bits per heavy atom. The minimum atomic E-state index is 0.0712. The van der Waals surface area contributed by atoms with E-state index < -0.39 is 0 Å². The minimum Gasteiger partial charge on any atom is -0.360 e. The maximum absolute atomic E-state index is 12.9. The third-order valence-electron chi connectivity index (χ3n) is 7.04. The van der Waals surface area contributed by atoms with Gasteiger partial charge in [-0.25, -0.2) is 9.97 Å². The van der Waals surface area contributed by atoms with Crippen LogP contribution in [0.2, 0.25) is 10.0 Å². The number of hydrogen-bond acceptors (Lipinski definition) is 5. The second kappa shape index (κ2) is 10.5. The van der Waals surface area contributed by atoms with Gasteiger partial charge in [0.15, 0.2) is 0 Å². The fourth-order valence-corrected chi connectivity index (χ4v) is 5.61. The average molecular weight is 498 g/mol. The first-order valence-corrected chi connectivity index (χ1v) is 12.7. The fourth-order valence-electron chi connectivity index (χ4n) is 5.29. The van der Waals surface area contributed by atoms with E-state index in [1.807, 2.05) is 4.90 Å². The van der Waals surface area contributed by atoms with E-state index in [9.17, 15) is 4.79 Å². The third-order valence-corrected chi connectivity index (χ3v) is 7.76. The van der Waals surface area contributed by atoms with E-state index in [0.717, 1.165) is 24.9 Å². The third kappa shape index (κ3) is 5.29. The lowest BCUT2D eigenvalue weighted by Gasteiger charge is -2.32. The van der Waals surface area contributed by atoms with Gasteiger partial charge in [-0.3, -0.25) is 4.79 Å². The number of halogens is 2. The van der Waals surface area contributed by atoms with E-state index in [-0.39, 0.29) is 12.5 Å². The van der Waals surface area contributed by atoms with Gasteiger partial charge in [-0.15, -0.1) is 0 Å². The highest BCUT2D eigenvalue weighted by molar-refractivity contribution is 6.42. The Morgan fingerprint density at radius 1 is 1.03 bits per heavy atom. The van der Waals surface area contributed by atoms with Crippen LogP contribution in [0, 0.1) is 0 Å². The first-order valence-electron chi connectivity index (χ1n) is 12.0. The number of carbonyl (C=O) groups is 1. The van der Waals surface area contributed by atoms with Crippen molar-refractivity contribution in [2.24, 2.45) is 0 Å². The molecule has 1 saturated carbocycles. The molecule has 2 fully saturated rings. The summed E-state index contributed by atoms with van der Waals surface area (Å²) >= 11 is 12.3. The molecule has 8 heteroatoms. The van der Waals surface area contributed by atoms with Gasteiger partial charge in [0, 0.05) is 30.6 Å². The van der Waals surface area contributed by atoms with Crippen LogP contribution in [0.3, 0.4) is 0 Å². The van der Waals surface area contributed by atoms with Crippen molar-refractivity contribution in [1.82, 2.24) is 20.2 Å². The predicted octanol–water partition coefficient (Wildman–Crippen LogP) is 5.27. The molecule has 1 aliphatic heterocycles. The molecule has 1 aliphatic carbocycles. The fraction of sp³-hybridized carbons (Fsp3) is 0.423. The highest BCUT2D eigenvalue weighted by atomic mass is 35.5. The van der Waals surface area contributed by atoms with E-state index in [4.69, 9.17) is 23.2 Å². The number of anilines is 1. The molecule has 6 nitrogen and oxygen atoms in total. The van der Waals surface area contributed by atoms with Crippen molar-refractivity contribution >= 4 is 45.8 Å². The number of likely N-dealkylation sites (tertiary alicyclic amines) is 1. The zero-order valence-corrected chi connectivity index (χ0v) is 20.5. The molecule has 2 heterocycles. The largest absolute Gasteiger partial charge is 0.360 e. The minimum absolute atomic E-state index is 0.0712. The lowest BCUT2D eigenvalue weighted by Crippen LogP contribution is -2.43. The standard InChI is InChI=1S/C26H29Cl2N5O/c27-22-12-21-24(13-23(22)28)30-16-31-26(21)29-14-25(34)33-10-9-20(15-33)32-19-8-4-7-18(11-19)17-5-2-1-3-6-17/h1-3,5-6,12-13,16,18-20,32H,4,7-11,14-15H2,(H,29,30,31)/t18-,19?,20+/m0/s1. The van der Waals surface area contributed by atoms with Crippen LogP contribution in [0.1, 0.15) is 43.6 Å². The van der Waals surface area contributed by atoms with E-state index in [2.05, 4.69) is 50.9 Å². The van der Waals surface area contributed by atoms with Gasteiger partial charge in [-0.1, -0.05) is 60.0 Å². The van der Waals surface area contributed by atoms with E-state index in [1.165, 1.54) is 37.6 Å². The SMILES string of the molecule is O=C(CNc1ncnc2cc(Cl)c(Cl)cc12)N1CC[C@@H](NC2CCC[C@H](c3ccccc3)C2)C1. The summed E-state index contributed by atoms with van der Waals surface area (Å²) in [5.41, 5.74) is 2.13. The van der Waals surface area contributed by atoms with Crippen LogP contribution < -0.4 is 10.6 Å². The van der Waals surface area contributed by atoms with Crippen LogP contribution in [-0.2, 0) is 4.79 Å². The number of fused-ring (bicyclic) bond motifs is 1. The maximum atomic E-state index is 12.9. The molecule has 3 atom stereocenters. The highest BCUT2D eigenvalue weighted by Crippen LogP contribution is 2.33. The van der Waals surface area contributed by atoms with Gasteiger partial charge >= 0.3 is 0 Å². The molecule has 0 radical (unpaired) electrons. The van der Waals surface area contributed by atoms with Gasteiger partial charge < -0.3 is 15.5 Å². The van der Waals surface area contributed by atoms with Crippen LogP contribution in [0.15, 0.2) is 48.8 Å². The normalized spacial score (nSPS) is 22.8. The quantitative estimate of drug-likeness (QED) is 0.485. The number of rotatable bonds is 6. The van der Waals surface area contributed by atoms with Crippen LogP contribution in [0.5, 0.6) is 0 Å². The summed E-state index contributed by atoms with van der Waals surface area (Å²) in [6.45, 7) is 1.70. The molecule has 5 rings (SSSR count). The number of aromatic nitrogens is 2. The maximum Gasteiger partial charge on any atom is 0.241 e. The number of nitrogens with one attached hydrogen (secondary N) is 2. The monoisotopic (exact) mass is 497 g/mol. The van der Waals surface area contributed by atoms with Crippen molar-refractivity contribution in [3.63, 3.8) is 0 Å². The van der Waals surface area contributed by atoms with Crippen molar-refractivity contribution < 1.29 is 4.79 Å². The summed E-state index contributed by atoms with van der Waals surface area (Å²) in [4.78, 5) is 23.4. The number of benzene rings is 2. The summed E-state index contributed by atoms with van der Waals surface area (Å²) in [6, 6.07) is 15.2. The van der Waals surface area contributed by atoms with Crippen molar-refractivity contribution in [2.75, 3.05) is 25.0 Å². The van der Waals surface area contributed by atoms with Crippen LogP contribution >= 0.6 is 23.2 Å². The zero-order valence-electron chi connectivity index (χ0n) is 19.0. The Balaban J connectivity index is 1.14. The summed E-state index contributed by atoms with van der Waals surface area (Å²) in [5, 5.41) is 8.64. The number of nitrogens with zero attached hydrogens (tertiary/aromatic N) is 3. The van der Waals surface area contributed by atoms with Crippen molar-refractivity contribution in [1.29, 1.82) is 0 Å². The Morgan fingerprint density at radius 2 is 1.85 bits per heavy atom. The molecular weight excluding hydrogens is 469 g/mol. The Labute approximate surface area is 210 Å². The van der Waals surface area contributed by atoms with Gasteiger partial charge in [-0.2, -0.15) is 0 Å². The second-order valence-corrected chi connectivity index (χ2v) is 10.1. The van der Waals surface area contributed by atoms with E-state index in [1.54, 1.807) is 12.1 Å². The molecule has 2 N–H and O–H groups in total. The first-order chi connectivity index (χ1) is 16.6. The molecule has 2 aromatic carbocycles. The molecule has 178 valence electrons. The van der Waals surface area contributed by atoms with Gasteiger partial charge in [-0.05, 0) is 49.3 Å². The van der Waals surface area contributed by atoms with Crippen molar-refractivity contribution in [2.45, 2.75) is 50.1 Å². The van der Waals surface area contributed by atoms with E-state index >= 15 is 0 Å². The summed E-state index contributed by atoms with van der Waals surface area (Å²) in [5.74, 6) is 1.28. The smallest absolute Gasteiger partial charge is 0.241 e. The molecule has 34 heavy (non-hydrogen) atoms. The van der Waals surface area contributed by atoms with Crippen LogP contribution in [-0.4, -0.2) is 52.5 Å². The summed E-state index contributed by atoms with van der Waals surface area (Å²) < 4.78 is 0. The predicted molar refractivity (Wildman–Crippen MR) is 138 cm³/mol. The molecule has 3 aromatic rings. The highest BCUT2D eigenvalue weighted by Gasteiger charge is 2.30. The lowest BCUT2D eigenvalue weighted by molar-refractivity contribution is -0.128. The second-order valence-electron chi connectivity index (χ2n) is 9.32. The molecule has 1 aromatic heterocycles. The lowest BCUT2D eigenvalue weighted by atomic mass is 9.81. The first kappa shape index (κ1) is 23.3. The molecule has 1 saturated heterocycles. The van der Waals surface area contributed by atoms with Gasteiger partial charge in [0.1, 0.15) is 12.1 Å². The zero-order chi connectivity index (χ0) is 23.5. The van der Waals surface area contributed by atoms with Crippen LogP contribution in [0.25, 0.3) is 10.9 Å². The number of hydrogen-bond donors (Lipinski definition) is 2. The molecule has 2 aliphatic rings. The topological polar surface area (TPSA) is 70.2 Å². The molecule has 0 spiro atoms. The average Bonchev–Trinajstić information content (AvgIpc) is 3.32. The van der Waals surface area contributed by atoms with Gasteiger partial charge in [0.25, 0.3) is 0 Å². The summed E-state index contributed by atoms with van der Waals surface area (Å²) in [7, 11) is 0. The Hall–Kier alpha value is -2.41. The molecular formula is C26H29Cl2N5O. The van der Waals surface area contributed by atoms with E-state index in [0.29, 0.717) is 39.4 Å². The van der Waals surface area contributed by atoms with Gasteiger partial charge in [0.2, 0.25) is 5.91 Å². The Bertz CT molecular complexity index is 1160. The molecule has 0 bridgehead atoms. The molecule has 1 unspecified atom stereocenters.